The zero-order chi connectivity index (χ0) is 19.8. The second-order valence-electron chi connectivity index (χ2n) is 6.27. The molecule has 1 saturated heterocycles. The Balaban J connectivity index is 1.71. The van der Waals surface area contributed by atoms with Crippen molar-refractivity contribution >= 4 is 51.4 Å². The Morgan fingerprint density at radius 3 is 2.71 bits per heavy atom. The Bertz CT molecular complexity index is 1070. The number of aromatic nitrogens is 1. The molecule has 3 aromatic rings. The zero-order valence-electron chi connectivity index (χ0n) is 14.7. The van der Waals surface area contributed by atoms with Crippen LogP contribution in [0.5, 0.6) is 0 Å². The smallest absolute Gasteiger partial charge is 0.269 e. The number of amides is 1. The number of non-ortho nitro benzene ring substituents is 1. The molecule has 1 atom stereocenters. The number of anilines is 1. The monoisotopic (exact) mass is 431 g/mol. The van der Waals surface area contributed by atoms with Gasteiger partial charge in [0.05, 0.1) is 16.4 Å². The van der Waals surface area contributed by atoms with Gasteiger partial charge in [0.2, 0.25) is 5.91 Å². The Morgan fingerprint density at radius 1 is 1.25 bits per heavy atom. The van der Waals surface area contributed by atoms with Gasteiger partial charge in [-0.2, -0.15) is 0 Å². The molecule has 0 radical (unpaired) electrons. The summed E-state index contributed by atoms with van der Waals surface area (Å²) in [6.45, 7) is 2.02. The van der Waals surface area contributed by atoms with Crippen LogP contribution in [0.25, 0.3) is 11.3 Å². The van der Waals surface area contributed by atoms with E-state index >= 15 is 0 Å². The summed E-state index contributed by atoms with van der Waals surface area (Å²) in [5, 5.41) is 13.5. The van der Waals surface area contributed by atoms with E-state index in [1.807, 2.05) is 36.6 Å². The lowest BCUT2D eigenvalue weighted by molar-refractivity contribution is -0.384. The molecule has 0 spiro atoms. The highest BCUT2D eigenvalue weighted by Crippen LogP contribution is 2.46. The van der Waals surface area contributed by atoms with Crippen molar-refractivity contribution in [2.24, 2.45) is 0 Å². The quantitative estimate of drug-likeness (QED) is 0.405. The van der Waals surface area contributed by atoms with E-state index in [0.29, 0.717) is 15.7 Å². The molecule has 1 fully saturated rings. The summed E-state index contributed by atoms with van der Waals surface area (Å²) >= 11 is 9.06. The van der Waals surface area contributed by atoms with Gasteiger partial charge in [0.1, 0.15) is 5.37 Å². The third-order valence-corrected chi connectivity index (χ3v) is 6.75. The van der Waals surface area contributed by atoms with E-state index < -0.39 is 10.3 Å². The standard InChI is InChI=1S/C19H14ClN3O3S2/c1-11-2-4-12(5-3-11)16-9-28-19(21-16)22-17(24)10-27-18(22)14-8-13(23(25)26)6-7-15(14)20/h2-9,18H,10H2,1H3/t18-/m0/s1. The third kappa shape index (κ3) is 3.50. The van der Waals surface area contributed by atoms with Crippen LogP contribution < -0.4 is 4.90 Å². The predicted octanol–water partition coefficient (Wildman–Crippen LogP) is 5.46. The van der Waals surface area contributed by atoms with E-state index in [1.165, 1.54) is 41.3 Å². The topological polar surface area (TPSA) is 76.3 Å². The van der Waals surface area contributed by atoms with Crippen molar-refractivity contribution in [2.75, 3.05) is 10.7 Å². The van der Waals surface area contributed by atoms with Gasteiger partial charge in [0, 0.05) is 33.7 Å². The minimum atomic E-state index is -0.468. The molecule has 0 aliphatic carbocycles. The van der Waals surface area contributed by atoms with Crippen LogP contribution in [-0.2, 0) is 4.79 Å². The fourth-order valence-corrected chi connectivity index (χ4v) is 5.34. The number of carbonyl (C=O) groups is 1. The van der Waals surface area contributed by atoms with E-state index in [9.17, 15) is 14.9 Å². The number of hydrogen-bond donors (Lipinski definition) is 0. The fourth-order valence-electron chi connectivity index (χ4n) is 2.93. The highest BCUT2D eigenvalue weighted by atomic mass is 35.5. The molecule has 0 N–H and O–H groups in total. The van der Waals surface area contributed by atoms with E-state index in [2.05, 4.69) is 4.98 Å². The third-order valence-electron chi connectivity index (χ3n) is 4.37. The van der Waals surface area contributed by atoms with Gasteiger partial charge in [0.25, 0.3) is 5.69 Å². The van der Waals surface area contributed by atoms with Crippen molar-refractivity contribution in [3.05, 3.63) is 74.1 Å². The van der Waals surface area contributed by atoms with Crippen LogP contribution in [0.2, 0.25) is 5.02 Å². The van der Waals surface area contributed by atoms with Gasteiger partial charge >= 0.3 is 0 Å². The Morgan fingerprint density at radius 2 is 2.00 bits per heavy atom. The highest BCUT2D eigenvalue weighted by molar-refractivity contribution is 8.00. The van der Waals surface area contributed by atoms with Gasteiger partial charge in [-0.15, -0.1) is 23.1 Å². The molecule has 142 valence electrons. The number of carbonyl (C=O) groups excluding carboxylic acids is 1. The van der Waals surface area contributed by atoms with Crippen LogP contribution in [0.3, 0.4) is 0 Å². The Kier molecular flexibility index (Phi) is 5.09. The molecule has 0 bridgehead atoms. The van der Waals surface area contributed by atoms with Crippen molar-refractivity contribution in [3.8, 4) is 11.3 Å². The second-order valence-corrected chi connectivity index (χ2v) is 8.58. The lowest BCUT2D eigenvalue weighted by atomic mass is 10.1. The van der Waals surface area contributed by atoms with Crippen LogP contribution in [-0.4, -0.2) is 21.6 Å². The summed E-state index contributed by atoms with van der Waals surface area (Å²) in [5.41, 5.74) is 3.40. The minimum absolute atomic E-state index is 0.0567. The molecule has 2 heterocycles. The molecule has 1 aromatic heterocycles. The lowest BCUT2D eigenvalue weighted by Gasteiger charge is -2.22. The summed E-state index contributed by atoms with van der Waals surface area (Å²) in [6.07, 6.45) is 0. The number of thioether (sulfide) groups is 1. The number of nitrogens with zero attached hydrogens (tertiary/aromatic N) is 3. The molecular weight excluding hydrogens is 418 g/mol. The average molecular weight is 432 g/mol. The number of hydrogen-bond acceptors (Lipinski definition) is 6. The lowest BCUT2D eigenvalue weighted by Crippen LogP contribution is -2.27. The number of aryl methyl sites for hydroxylation is 1. The first-order valence-corrected chi connectivity index (χ1v) is 10.6. The number of benzene rings is 2. The summed E-state index contributed by atoms with van der Waals surface area (Å²) in [7, 11) is 0. The SMILES string of the molecule is Cc1ccc(-c2csc(N3C(=O)CS[C@H]3c3cc([N+](=O)[O-])ccc3Cl)n2)cc1. The molecule has 1 aliphatic rings. The van der Waals surface area contributed by atoms with Gasteiger partial charge in [-0.25, -0.2) is 4.98 Å². The number of halogens is 1. The van der Waals surface area contributed by atoms with Gasteiger partial charge in [-0.05, 0) is 13.0 Å². The van der Waals surface area contributed by atoms with Crippen molar-refractivity contribution in [1.29, 1.82) is 0 Å². The van der Waals surface area contributed by atoms with Crippen molar-refractivity contribution in [3.63, 3.8) is 0 Å². The Hall–Kier alpha value is -2.42. The van der Waals surface area contributed by atoms with Gasteiger partial charge in [-0.3, -0.25) is 19.8 Å². The zero-order valence-corrected chi connectivity index (χ0v) is 17.1. The van der Waals surface area contributed by atoms with Gasteiger partial charge < -0.3 is 0 Å². The molecule has 4 rings (SSSR count). The van der Waals surface area contributed by atoms with Crippen molar-refractivity contribution in [1.82, 2.24) is 4.98 Å². The molecule has 2 aromatic carbocycles. The van der Waals surface area contributed by atoms with Crippen LogP contribution in [0.1, 0.15) is 16.5 Å². The molecule has 0 unspecified atom stereocenters. The van der Waals surface area contributed by atoms with E-state index in [1.54, 1.807) is 4.90 Å². The summed E-state index contributed by atoms with van der Waals surface area (Å²) in [5.74, 6) is 0.172. The average Bonchev–Trinajstić information content (AvgIpc) is 3.29. The number of nitro groups is 1. The molecule has 28 heavy (non-hydrogen) atoms. The second kappa shape index (κ2) is 7.54. The Labute approximate surface area is 174 Å². The first kappa shape index (κ1) is 18.9. The molecular formula is C19H14ClN3O3S2. The number of nitro benzene ring substituents is 1. The van der Waals surface area contributed by atoms with Crippen LogP contribution in [0.4, 0.5) is 10.8 Å². The largest absolute Gasteiger partial charge is 0.273 e. The van der Waals surface area contributed by atoms with E-state index in [0.717, 1.165) is 16.8 Å². The fraction of sp³-hybridized carbons (Fsp3) is 0.158. The molecule has 9 heteroatoms. The van der Waals surface area contributed by atoms with Crippen molar-refractivity contribution < 1.29 is 9.72 Å². The summed E-state index contributed by atoms with van der Waals surface area (Å²) in [6, 6.07) is 12.3. The first-order chi connectivity index (χ1) is 13.4. The normalized spacial score (nSPS) is 16.6. The van der Waals surface area contributed by atoms with E-state index in [4.69, 9.17) is 11.6 Å². The summed E-state index contributed by atoms with van der Waals surface area (Å²) < 4.78 is 0. The van der Waals surface area contributed by atoms with E-state index in [-0.39, 0.29) is 17.3 Å². The summed E-state index contributed by atoms with van der Waals surface area (Å²) in [4.78, 5) is 29.5. The van der Waals surface area contributed by atoms with Gasteiger partial charge in [-0.1, -0.05) is 41.4 Å². The van der Waals surface area contributed by atoms with Crippen LogP contribution in [0.15, 0.2) is 47.8 Å². The number of rotatable bonds is 4. The van der Waals surface area contributed by atoms with Gasteiger partial charge in [0.15, 0.2) is 5.13 Å². The number of thiazole rings is 1. The maximum absolute atomic E-state index is 12.6. The molecule has 1 amide bonds. The maximum atomic E-state index is 12.6. The first-order valence-electron chi connectivity index (χ1n) is 8.34. The minimum Gasteiger partial charge on any atom is -0.273 e. The van der Waals surface area contributed by atoms with Crippen LogP contribution >= 0.6 is 34.7 Å². The van der Waals surface area contributed by atoms with Crippen LogP contribution in [0, 0.1) is 17.0 Å². The molecule has 0 saturated carbocycles. The predicted molar refractivity (Wildman–Crippen MR) is 113 cm³/mol. The maximum Gasteiger partial charge on any atom is 0.269 e. The molecule has 1 aliphatic heterocycles. The molecule has 6 nitrogen and oxygen atoms in total. The van der Waals surface area contributed by atoms with Crippen molar-refractivity contribution in [2.45, 2.75) is 12.3 Å². The highest BCUT2D eigenvalue weighted by Gasteiger charge is 2.37.